The molecule has 3 aromatic heterocycles. The quantitative estimate of drug-likeness (QED) is 0.0943. The number of carboxylic acid groups (broad SMARTS) is 2. The molecule has 2 aliphatic heterocycles. The van der Waals surface area contributed by atoms with E-state index in [1.54, 1.807) is 0 Å². The number of carbonyl (C=O) groups excluding carboxylic acids is 3. The molecule has 0 aliphatic carbocycles. The number of nitrogen functional groups attached to an aromatic ring is 1. The molecule has 6 rings (SSSR count). The van der Waals surface area contributed by atoms with E-state index < -0.39 is 47.0 Å². The number of aromatic nitrogens is 2. The Labute approximate surface area is 256 Å². The zero-order chi connectivity index (χ0) is 31.0. The highest BCUT2D eigenvalue weighted by Gasteiger charge is 2.53. The molecular formula is C28H22N6O8S2. The number of carboxylic acids is 2. The van der Waals surface area contributed by atoms with E-state index in [2.05, 4.69) is 15.5 Å². The molecule has 0 spiro atoms. The van der Waals surface area contributed by atoms with Crippen molar-refractivity contribution < 1.29 is 43.2 Å². The van der Waals surface area contributed by atoms with Gasteiger partial charge in [-0.05, 0) is 24.3 Å². The number of aliphatic carboxylic acids is 2. The summed E-state index contributed by atoms with van der Waals surface area (Å²) in [5, 5.41) is 29.9. The number of nitrogens with two attached hydrogens (primary N) is 1. The minimum Gasteiger partial charge on any atom is -0.543 e. The number of fused-ring (bicyclic) bond motifs is 2. The first-order valence-electron chi connectivity index (χ1n) is 13.0. The molecule has 224 valence electrons. The zero-order valence-corrected chi connectivity index (χ0v) is 24.1. The Kier molecular flexibility index (Phi) is 7.75. The van der Waals surface area contributed by atoms with Gasteiger partial charge in [-0.1, -0.05) is 17.3 Å². The Bertz CT molecular complexity index is 1850. The highest BCUT2D eigenvalue weighted by Crippen LogP contribution is 2.40. The van der Waals surface area contributed by atoms with Crippen LogP contribution in [0.25, 0.3) is 10.9 Å². The summed E-state index contributed by atoms with van der Waals surface area (Å²) in [6.45, 7) is 0.213. The van der Waals surface area contributed by atoms with Gasteiger partial charge in [0, 0.05) is 34.2 Å². The second kappa shape index (κ2) is 11.8. The molecule has 1 fully saturated rings. The van der Waals surface area contributed by atoms with E-state index >= 15 is 0 Å². The molecule has 1 saturated heterocycles. The van der Waals surface area contributed by atoms with Crippen LogP contribution in [0.2, 0.25) is 0 Å². The number of benzene rings is 1. The van der Waals surface area contributed by atoms with Gasteiger partial charge in [0.1, 0.15) is 17.1 Å². The number of thiazole rings is 1. The average molecular weight is 635 g/mol. The lowest BCUT2D eigenvalue weighted by atomic mass is 10.0. The lowest BCUT2D eigenvalue weighted by molar-refractivity contribution is -0.663. The van der Waals surface area contributed by atoms with E-state index in [0.29, 0.717) is 5.57 Å². The summed E-state index contributed by atoms with van der Waals surface area (Å²) >= 11 is 2.29. The topological polar surface area (TPSA) is 204 Å². The van der Waals surface area contributed by atoms with Crippen LogP contribution in [0.1, 0.15) is 17.6 Å². The van der Waals surface area contributed by atoms with Gasteiger partial charge in [0.05, 0.1) is 17.9 Å². The molecule has 14 nitrogen and oxygen atoms in total. The van der Waals surface area contributed by atoms with Crippen LogP contribution in [0.15, 0.2) is 87.2 Å². The predicted molar refractivity (Wildman–Crippen MR) is 154 cm³/mol. The number of β-lactam (4-membered cyclic amide) rings is 1. The first-order valence-corrected chi connectivity index (χ1v) is 14.9. The highest BCUT2D eigenvalue weighted by atomic mass is 32.2. The first kappa shape index (κ1) is 28.9. The first-order chi connectivity index (χ1) is 21.2. The normalized spacial score (nSPS) is 18.9. The van der Waals surface area contributed by atoms with Crippen molar-refractivity contribution >= 4 is 68.6 Å². The number of thioether (sulfide) groups is 1. The predicted octanol–water partition coefficient (Wildman–Crippen LogP) is 0.410. The van der Waals surface area contributed by atoms with E-state index in [1.165, 1.54) is 35.5 Å². The number of pyridine rings is 1. The fraction of sp³-hybridized carbons (Fsp3) is 0.179. The minimum absolute atomic E-state index is 0.0155. The molecule has 5 heterocycles. The summed E-state index contributed by atoms with van der Waals surface area (Å²) in [6.07, 6.45) is 1.41. The van der Waals surface area contributed by atoms with Gasteiger partial charge < -0.3 is 35.3 Å². The number of amides is 2. The summed E-state index contributed by atoms with van der Waals surface area (Å²) < 4.78 is 7.00. The summed E-state index contributed by atoms with van der Waals surface area (Å²) in [5.74, 6) is -4.31. The van der Waals surface area contributed by atoms with Gasteiger partial charge in [-0.3, -0.25) is 14.5 Å². The summed E-state index contributed by atoms with van der Waals surface area (Å²) in [7, 11) is 0. The molecule has 1 aromatic carbocycles. The van der Waals surface area contributed by atoms with Crippen molar-refractivity contribution in [3.05, 3.63) is 89.1 Å². The Morgan fingerprint density at radius 1 is 1.25 bits per heavy atom. The molecule has 2 amide bonds. The van der Waals surface area contributed by atoms with Gasteiger partial charge >= 0.3 is 5.97 Å². The van der Waals surface area contributed by atoms with Crippen LogP contribution in [-0.4, -0.2) is 61.6 Å². The number of oxime groups is 1. The minimum atomic E-state index is -1.67. The Hall–Kier alpha value is -5.22. The fourth-order valence-corrected chi connectivity index (χ4v) is 6.82. The largest absolute Gasteiger partial charge is 0.543 e. The Morgan fingerprint density at radius 3 is 2.75 bits per heavy atom. The number of hydrogen-bond acceptors (Lipinski definition) is 12. The number of carbonyl (C=O) groups is 4. The van der Waals surface area contributed by atoms with Gasteiger partial charge in [0.25, 0.3) is 17.9 Å². The number of hydrogen-bond donors (Lipinski definition) is 3. The van der Waals surface area contributed by atoms with Crippen LogP contribution in [0.5, 0.6) is 0 Å². The second-order valence-electron chi connectivity index (χ2n) is 9.65. The standard InChI is InChI=1S/C28H22N6O8S2/c29-28-30-16(13-44-28)19(32-42-22(27(39)40)18-8-4-10-41-18)23(35)31-20-24(36)34-21(26(37)38)15(12-43-25(20)34)11-33-9-3-6-14-5-1-2-7-17(14)33/h1-10,13,20,22,25H,11-12H2,(H4-,29,30,31,35,37,38,39,40)/b32-19-/t20-,22?,25+/m1/s1. The molecule has 0 bridgehead atoms. The van der Waals surface area contributed by atoms with Gasteiger partial charge in [-0.2, -0.15) is 4.57 Å². The van der Waals surface area contributed by atoms with E-state index in [0.717, 1.165) is 27.1 Å². The number of nitrogens with zero attached hydrogens (tertiary/aromatic N) is 4. The maximum Gasteiger partial charge on any atom is 0.355 e. The van der Waals surface area contributed by atoms with Crippen LogP contribution in [0.3, 0.4) is 0 Å². The van der Waals surface area contributed by atoms with Crippen molar-refractivity contribution in [3.63, 3.8) is 0 Å². The highest BCUT2D eigenvalue weighted by molar-refractivity contribution is 8.00. The van der Waals surface area contributed by atoms with E-state index in [9.17, 15) is 29.4 Å². The van der Waals surface area contributed by atoms with Crippen molar-refractivity contribution in [1.29, 1.82) is 0 Å². The lowest BCUT2D eigenvalue weighted by Gasteiger charge is -2.50. The third-order valence-electron chi connectivity index (χ3n) is 6.93. The van der Waals surface area contributed by atoms with Crippen LogP contribution in [0, 0.1) is 0 Å². The molecule has 0 radical (unpaired) electrons. The van der Waals surface area contributed by atoms with Gasteiger partial charge in [-0.25, -0.2) is 9.78 Å². The molecule has 2 aliphatic rings. The van der Waals surface area contributed by atoms with Crippen LogP contribution in [-0.2, 0) is 30.6 Å². The van der Waals surface area contributed by atoms with Crippen LogP contribution < -0.4 is 20.7 Å². The molecule has 1 unspecified atom stereocenters. The Balaban J connectivity index is 1.24. The molecular weight excluding hydrogens is 612 g/mol. The van der Waals surface area contributed by atoms with Crippen molar-refractivity contribution in [2.45, 2.75) is 24.1 Å². The third-order valence-corrected chi connectivity index (χ3v) is 8.94. The number of nitrogens with one attached hydrogen (secondary N) is 1. The lowest BCUT2D eigenvalue weighted by Crippen LogP contribution is -2.71. The van der Waals surface area contributed by atoms with E-state index in [4.69, 9.17) is 15.0 Å². The molecule has 4 aromatic rings. The third kappa shape index (κ3) is 5.35. The maximum atomic E-state index is 13.4. The van der Waals surface area contributed by atoms with E-state index in [-0.39, 0.29) is 34.6 Å². The van der Waals surface area contributed by atoms with Gasteiger partial charge in [0.2, 0.25) is 5.52 Å². The fourth-order valence-electron chi connectivity index (χ4n) is 4.93. The Morgan fingerprint density at radius 2 is 2.05 bits per heavy atom. The average Bonchev–Trinajstić information content (AvgIpc) is 3.70. The summed E-state index contributed by atoms with van der Waals surface area (Å²) in [6, 6.07) is 13.2. The van der Waals surface area contributed by atoms with Gasteiger partial charge in [0.15, 0.2) is 29.3 Å². The number of rotatable bonds is 10. The summed E-state index contributed by atoms with van der Waals surface area (Å²) in [4.78, 5) is 61.1. The molecule has 4 N–H and O–H groups in total. The van der Waals surface area contributed by atoms with Crippen LogP contribution in [0.4, 0.5) is 5.13 Å². The number of furan rings is 1. The van der Waals surface area contributed by atoms with Crippen LogP contribution >= 0.6 is 23.1 Å². The molecule has 16 heteroatoms. The molecule has 44 heavy (non-hydrogen) atoms. The van der Waals surface area contributed by atoms with Crippen molar-refractivity contribution in [2.24, 2.45) is 5.16 Å². The van der Waals surface area contributed by atoms with Crippen molar-refractivity contribution in [1.82, 2.24) is 15.2 Å². The van der Waals surface area contributed by atoms with Crippen molar-refractivity contribution in [3.8, 4) is 0 Å². The second-order valence-corrected chi connectivity index (χ2v) is 11.6. The zero-order valence-electron chi connectivity index (χ0n) is 22.5. The summed E-state index contributed by atoms with van der Waals surface area (Å²) in [5.41, 5.74) is 6.41. The van der Waals surface area contributed by atoms with Gasteiger partial charge in [-0.15, -0.1) is 23.1 Å². The number of para-hydroxylation sites is 1. The smallest absolute Gasteiger partial charge is 0.355 e. The maximum absolute atomic E-state index is 13.4. The van der Waals surface area contributed by atoms with Crippen molar-refractivity contribution in [2.75, 3.05) is 11.5 Å². The SMILES string of the molecule is Nc1nc(/C(=N/OC(C(=O)O)c2ccco2)C(=O)N[C@@H]2C(=O)N3C(C(=O)[O-])=C(C[n+]4cccc5ccccc54)CS[C@@H]23)cs1. The van der Waals surface area contributed by atoms with E-state index in [1.807, 2.05) is 47.2 Å². The monoisotopic (exact) mass is 634 g/mol. The molecule has 0 saturated carbocycles. The molecule has 3 atom stereocenters. The number of anilines is 1.